The first-order valence-electron chi connectivity index (χ1n) is 33.1. The van der Waals surface area contributed by atoms with Crippen LogP contribution in [0.1, 0.15) is 127 Å². The lowest BCUT2D eigenvalue weighted by molar-refractivity contribution is -0.132. The van der Waals surface area contributed by atoms with Crippen molar-refractivity contribution in [3.05, 3.63) is 268 Å². The van der Waals surface area contributed by atoms with Crippen LogP contribution in [0, 0.1) is 0 Å². The third-order valence-electron chi connectivity index (χ3n) is 17.6. The van der Waals surface area contributed by atoms with Crippen molar-refractivity contribution >= 4 is 17.7 Å². The van der Waals surface area contributed by atoms with E-state index in [-0.39, 0.29) is 55.9 Å². The van der Waals surface area contributed by atoms with E-state index in [1.165, 1.54) is 0 Å². The highest BCUT2D eigenvalue weighted by Gasteiger charge is 2.28. The first kappa shape index (κ1) is 68.4. The van der Waals surface area contributed by atoms with Gasteiger partial charge in [0.25, 0.3) is 0 Å². The van der Waals surface area contributed by atoms with Gasteiger partial charge in [-0.1, -0.05) is 185 Å². The summed E-state index contributed by atoms with van der Waals surface area (Å²) < 4.78 is 50.4. The van der Waals surface area contributed by atoms with Gasteiger partial charge in [0.15, 0.2) is 34.5 Å². The predicted octanol–water partition coefficient (Wildman–Crippen LogP) is 16.2. The maximum Gasteiger partial charge on any atom is 0.231 e. The van der Waals surface area contributed by atoms with Crippen LogP contribution >= 0.6 is 0 Å². The largest absolute Gasteiger partial charge is 0.496 e. The number of benzene rings is 9. The average molecular weight is 1290 g/mol. The summed E-state index contributed by atoms with van der Waals surface area (Å²) in [4.78, 5) is 44.1. The number of hydrogen-bond acceptors (Lipinski definition) is 12. The number of carbonyl (C=O) groups is 3. The van der Waals surface area contributed by atoms with Crippen molar-refractivity contribution in [1.29, 1.82) is 0 Å². The molecule has 498 valence electrons. The number of ether oxygens (including phenoxy) is 9. The first-order chi connectivity index (χ1) is 47.1. The third kappa shape index (κ3) is 17.9. The van der Waals surface area contributed by atoms with E-state index >= 15 is 0 Å². The monoisotopic (exact) mass is 1290 g/mol. The molecule has 12 rings (SSSR count). The van der Waals surface area contributed by atoms with E-state index in [1.807, 2.05) is 181 Å². The van der Waals surface area contributed by atoms with E-state index in [4.69, 9.17) is 42.6 Å². The van der Waals surface area contributed by atoms with Gasteiger partial charge in [-0.25, -0.2) is 0 Å². The fraction of sp³-hybridized carbons (Fsp3) is 0.296. The lowest BCUT2D eigenvalue weighted by atomic mass is 9.87. The summed E-state index contributed by atoms with van der Waals surface area (Å²) >= 11 is 0. The van der Waals surface area contributed by atoms with Crippen LogP contribution in [0.4, 0.5) is 0 Å². The Bertz CT molecular complexity index is 3560. The summed E-state index contributed by atoms with van der Waals surface area (Å²) in [5.41, 5.74) is 10.0. The van der Waals surface area contributed by atoms with Gasteiger partial charge in [0.05, 0.1) is 21.3 Å². The highest BCUT2D eigenvalue weighted by atomic mass is 16.7. The molecule has 0 spiro atoms. The molecule has 9 aromatic rings. The summed E-state index contributed by atoms with van der Waals surface area (Å²) in [5, 5.41) is 0. The van der Waals surface area contributed by atoms with Gasteiger partial charge in [-0.3, -0.25) is 14.4 Å². The Labute approximate surface area is 565 Å². The minimum Gasteiger partial charge on any atom is -0.496 e. The zero-order chi connectivity index (χ0) is 67.0. The second-order valence-electron chi connectivity index (χ2n) is 23.6. The summed E-state index contributed by atoms with van der Waals surface area (Å²) in [6.45, 7) is 10.2. The smallest absolute Gasteiger partial charge is 0.231 e. The van der Waals surface area contributed by atoms with Crippen molar-refractivity contribution in [2.45, 2.75) is 96.7 Å². The van der Waals surface area contributed by atoms with Crippen LogP contribution in [0.5, 0.6) is 51.7 Å². The summed E-state index contributed by atoms with van der Waals surface area (Å²) in [7, 11) is 5.08. The number of hydrogen-bond donors (Lipinski definition) is 0. The number of nitrogens with zero attached hydrogens (tertiary/aromatic N) is 3. The van der Waals surface area contributed by atoms with E-state index in [2.05, 4.69) is 72.8 Å². The Morgan fingerprint density at radius 1 is 0.333 bits per heavy atom. The number of methoxy groups -OCH3 is 3. The molecule has 3 unspecified atom stereocenters. The molecular weight excluding hydrogens is 1210 g/mol. The van der Waals surface area contributed by atoms with Crippen molar-refractivity contribution in [1.82, 2.24) is 14.7 Å². The Morgan fingerprint density at radius 2 is 0.583 bits per heavy atom. The van der Waals surface area contributed by atoms with E-state index in [9.17, 15) is 14.4 Å². The molecule has 15 heteroatoms. The molecule has 3 heterocycles. The van der Waals surface area contributed by atoms with Crippen LogP contribution in [0.2, 0.25) is 0 Å². The topological polar surface area (TPSA) is 144 Å². The molecule has 0 saturated heterocycles. The van der Waals surface area contributed by atoms with Crippen LogP contribution in [0.3, 0.4) is 0 Å². The molecule has 0 radical (unpaired) electrons. The van der Waals surface area contributed by atoms with Gasteiger partial charge in [0, 0.05) is 93.0 Å². The quantitative estimate of drug-likeness (QED) is 0.0483. The van der Waals surface area contributed by atoms with Gasteiger partial charge < -0.3 is 57.3 Å². The Balaban J connectivity index is 0.000000157. The number of para-hydroxylation sites is 3. The van der Waals surface area contributed by atoms with Crippen LogP contribution < -0.4 is 42.6 Å². The second-order valence-corrected chi connectivity index (χ2v) is 23.6. The second kappa shape index (κ2) is 34.7. The molecule has 96 heavy (non-hydrogen) atoms. The molecule has 3 amide bonds. The Kier molecular flexibility index (Phi) is 24.7. The van der Waals surface area contributed by atoms with Crippen molar-refractivity contribution in [3.63, 3.8) is 0 Å². The van der Waals surface area contributed by atoms with Crippen molar-refractivity contribution in [2.75, 3.05) is 61.3 Å². The molecule has 3 aliphatic rings. The van der Waals surface area contributed by atoms with Gasteiger partial charge in [0.2, 0.25) is 38.1 Å². The summed E-state index contributed by atoms with van der Waals surface area (Å²) in [6, 6.07) is 72.8. The molecule has 0 aliphatic carbocycles. The fourth-order valence-electron chi connectivity index (χ4n) is 12.6. The average Bonchev–Trinajstić information content (AvgIpc) is 1.43. The molecule has 3 atom stereocenters. The highest BCUT2D eigenvalue weighted by Crippen LogP contribution is 2.44. The Morgan fingerprint density at radius 3 is 0.844 bits per heavy atom. The highest BCUT2D eigenvalue weighted by molar-refractivity contribution is 5.77. The minimum atomic E-state index is 0.0450. The summed E-state index contributed by atoms with van der Waals surface area (Å²) in [5.74, 6) is 7.67. The molecule has 9 aromatic carbocycles. The third-order valence-corrected chi connectivity index (χ3v) is 17.6. The zero-order valence-corrected chi connectivity index (χ0v) is 55.9. The van der Waals surface area contributed by atoms with E-state index in [0.29, 0.717) is 58.5 Å². The number of fused-ring (bicyclic) bond motifs is 3. The van der Waals surface area contributed by atoms with Gasteiger partial charge >= 0.3 is 0 Å². The molecule has 3 aliphatic heterocycles. The molecular formula is C81H87N3O12. The van der Waals surface area contributed by atoms with E-state index < -0.39 is 0 Å². The predicted molar refractivity (Wildman–Crippen MR) is 373 cm³/mol. The van der Waals surface area contributed by atoms with E-state index in [1.54, 1.807) is 21.3 Å². The molecule has 0 N–H and O–H groups in total. The lowest BCUT2D eigenvalue weighted by Crippen LogP contribution is -2.31. The molecule has 0 saturated carbocycles. The van der Waals surface area contributed by atoms with Crippen molar-refractivity contribution in [3.8, 4) is 51.7 Å². The maximum atomic E-state index is 12.7. The fourth-order valence-corrected chi connectivity index (χ4v) is 12.6. The number of rotatable bonds is 27. The Hall–Kier alpha value is -10.4. The maximum absolute atomic E-state index is 12.7. The van der Waals surface area contributed by atoms with Crippen LogP contribution in [0.25, 0.3) is 0 Å². The molecule has 0 fully saturated rings. The molecule has 0 bridgehead atoms. The first-order valence-corrected chi connectivity index (χ1v) is 33.1. The van der Waals surface area contributed by atoms with Crippen molar-refractivity contribution in [2.24, 2.45) is 0 Å². The number of amides is 3. The number of carbonyl (C=O) groups excluding carboxylic acids is 3. The van der Waals surface area contributed by atoms with Crippen LogP contribution in [-0.2, 0) is 34.0 Å². The van der Waals surface area contributed by atoms with Gasteiger partial charge in [-0.2, -0.15) is 0 Å². The van der Waals surface area contributed by atoms with Gasteiger partial charge in [-0.05, 0) is 107 Å². The normalized spacial score (nSPS) is 12.9. The SMILES string of the molecule is CCC(=O)N(CCC(c1ccc2c(c1)OCO2)c1ccccc1OC)Cc1ccccc1.CCC(=O)N(CCC(c1ccc2c(c1)OCO2)c1ccccc1OC)Cc1ccccc1.CCC(=O)N(CCC(c1ccc2c(c1)OCO2)c1ccccc1OC)Cc1ccccc1. The summed E-state index contributed by atoms with van der Waals surface area (Å²) in [6.07, 6.45) is 3.73. The van der Waals surface area contributed by atoms with E-state index in [0.717, 1.165) is 121 Å². The lowest BCUT2D eigenvalue weighted by Gasteiger charge is -2.27. The molecule has 0 aromatic heterocycles. The standard InChI is InChI=1S/3C27H29NO4/c3*1-3-27(29)28(18-20-9-5-4-6-10-20)16-15-22(23-11-7-8-12-24(23)30-2)21-13-14-25-26(17-21)32-19-31-25/h3*4-14,17,22H,3,15-16,18-19H2,1-2H3. The van der Waals surface area contributed by atoms with Gasteiger partial charge in [-0.15, -0.1) is 0 Å². The van der Waals surface area contributed by atoms with Gasteiger partial charge in [0.1, 0.15) is 17.2 Å². The zero-order valence-electron chi connectivity index (χ0n) is 55.9. The minimum absolute atomic E-state index is 0.0450. The van der Waals surface area contributed by atoms with Crippen LogP contribution in [-0.4, -0.2) is 93.8 Å². The van der Waals surface area contributed by atoms with Crippen LogP contribution in [0.15, 0.2) is 218 Å². The van der Waals surface area contributed by atoms with Crippen molar-refractivity contribution < 1.29 is 57.0 Å². The molecule has 15 nitrogen and oxygen atoms in total.